The van der Waals surface area contributed by atoms with Crippen molar-refractivity contribution < 1.29 is 19.0 Å². The second-order valence-corrected chi connectivity index (χ2v) is 5.99. The topological polar surface area (TPSA) is 69.2 Å². The van der Waals surface area contributed by atoms with Crippen molar-refractivity contribution in [3.63, 3.8) is 0 Å². The molecule has 0 bridgehead atoms. The van der Waals surface area contributed by atoms with Gasteiger partial charge in [0.15, 0.2) is 11.5 Å². The van der Waals surface area contributed by atoms with Gasteiger partial charge in [0.05, 0.1) is 14.2 Å². The summed E-state index contributed by atoms with van der Waals surface area (Å²) in [6, 6.07) is 13.4. The number of benzene rings is 2. The van der Waals surface area contributed by atoms with Gasteiger partial charge in [0.25, 0.3) is 5.91 Å². The van der Waals surface area contributed by atoms with Crippen molar-refractivity contribution in [3.05, 3.63) is 59.2 Å². The quantitative estimate of drug-likeness (QED) is 0.689. The smallest absolute Gasteiger partial charge is 0.270 e. The van der Waals surface area contributed by atoms with Gasteiger partial charge in [0.2, 0.25) is 0 Å². The van der Waals surface area contributed by atoms with E-state index in [1.165, 1.54) is 0 Å². The third-order valence-corrected chi connectivity index (χ3v) is 4.04. The molecular weight excluding hydrogens is 344 g/mol. The highest BCUT2D eigenvalue weighted by Crippen LogP contribution is 2.27. The lowest BCUT2D eigenvalue weighted by molar-refractivity contribution is -0.114. The maximum Gasteiger partial charge on any atom is 0.270 e. The van der Waals surface area contributed by atoms with Crippen molar-refractivity contribution in [1.29, 1.82) is 0 Å². The molecule has 0 saturated heterocycles. The van der Waals surface area contributed by atoms with E-state index >= 15 is 0 Å². The number of aryl methyl sites for hydroxylation is 1. The molecule has 2 aromatic carbocycles. The molecule has 0 aliphatic carbocycles. The van der Waals surface area contributed by atoms with Gasteiger partial charge in [-0.3, -0.25) is 9.79 Å². The molecule has 0 aliphatic heterocycles. The molecule has 0 radical (unpaired) electrons. The van der Waals surface area contributed by atoms with Gasteiger partial charge in [-0.05, 0) is 31.0 Å². The van der Waals surface area contributed by atoms with Crippen LogP contribution >= 0.6 is 0 Å². The summed E-state index contributed by atoms with van der Waals surface area (Å²) in [6.45, 7) is 2.61. The highest BCUT2D eigenvalue weighted by molar-refractivity contribution is 6.45. The number of methoxy groups -OCH3 is 3. The highest BCUT2D eigenvalue weighted by atomic mass is 16.5. The van der Waals surface area contributed by atoms with Crippen LogP contribution in [-0.2, 0) is 16.0 Å². The molecule has 2 rings (SSSR count). The van der Waals surface area contributed by atoms with Crippen LogP contribution in [0.1, 0.15) is 16.7 Å². The van der Waals surface area contributed by atoms with Gasteiger partial charge in [-0.25, -0.2) is 0 Å². The van der Waals surface area contributed by atoms with Gasteiger partial charge >= 0.3 is 0 Å². The molecule has 1 N–H and O–H groups in total. The van der Waals surface area contributed by atoms with Crippen molar-refractivity contribution in [2.45, 2.75) is 13.3 Å². The summed E-state index contributed by atoms with van der Waals surface area (Å²) in [5.74, 6) is 1.12. The van der Waals surface area contributed by atoms with Crippen LogP contribution in [0.15, 0.2) is 47.5 Å². The maximum absolute atomic E-state index is 12.6. The van der Waals surface area contributed by atoms with E-state index in [0.29, 0.717) is 30.2 Å². The molecule has 0 spiro atoms. The summed E-state index contributed by atoms with van der Waals surface area (Å²) in [5, 5.41) is 2.92. The molecule has 6 nitrogen and oxygen atoms in total. The van der Waals surface area contributed by atoms with Gasteiger partial charge in [-0.15, -0.1) is 0 Å². The lowest BCUT2D eigenvalue weighted by Crippen LogP contribution is -2.33. The molecule has 6 heteroatoms. The summed E-state index contributed by atoms with van der Waals surface area (Å²) in [4.78, 5) is 16.9. The van der Waals surface area contributed by atoms with Gasteiger partial charge in [0, 0.05) is 19.2 Å². The van der Waals surface area contributed by atoms with E-state index in [9.17, 15) is 4.79 Å². The van der Waals surface area contributed by atoms with E-state index in [1.807, 2.05) is 49.4 Å². The zero-order chi connectivity index (χ0) is 19.6. The summed E-state index contributed by atoms with van der Waals surface area (Å²) >= 11 is 0. The molecule has 1 amide bonds. The van der Waals surface area contributed by atoms with E-state index in [2.05, 4.69) is 10.3 Å². The van der Waals surface area contributed by atoms with Gasteiger partial charge in [0.1, 0.15) is 12.4 Å². The first-order valence-corrected chi connectivity index (χ1v) is 8.68. The second kappa shape index (κ2) is 10.3. The fourth-order valence-electron chi connectivity index (χ4n) is 2.57. The Labute approximate surface area is 160 Å². The van der Waals surface area contributed by atoms with Crippen molar-refractivity contribution in [1.82, 2.24) is 5.32 Å². The minimum absolute atomic E-state index is 0.131. The first kappa shape index (κ1) is 20.5. The van der Waals surface area contributed by atoms with Crippen molar-refractivity contribution >= 4 is 11.6 Å². The Morgan fingerprint density at radius 1 is 1.00 bits per heavy atom. The average molecular weight is 370 g/mol. The fourth-order valence-corrected chi connectivity index (χ4v) is 2.57. The van der Waals surface area contributed by atoms with E-state index in [1.54, 1.807) is 21.3 Å². The molecule has 0 atom stereocenters. The molecule has 27 heavy (non-hydrogen) atoms. The molecule has 0 fully saturated rings. The zero-order valence-electron chi connectivity index (χ0n) is 16.2. The Kier molecular flexibility index (Phi) is 7.82. The lowest BCUT2D eigenvalue weighted by Gasteiger charge is -2.11. The molecular formula is C21H26N2O4. The Morgan fingerprint density at radius 3 is 2.33 bits per heavy atom. The summed E-state index contributed by atoms with van der Waals surface area (Å²) < 4.78 is 15.5. The van der Waals surface area contributed by atoms with Gasteiger partial charge in [-0.1, -0.05) is 35.9 Å². The molecule has 2 aromatic rings. The van der Waals surface area contributed by atoms with Crippen molar-refractivity contribution in [2.75, 3.05) is 34.6 Å². The predicted octanol–water partition coefficient (Wildman–Crippen LogP) is 2.76. The van der Waals surface area contributed by atoms with E-state index < -0.39 is 0 Å². The fraction of sp³-hybridized carbons (Fsp3) is 0.333. The first-order valence-electron chi connectivity index (χ1n) is 8.68. The third-order valence-electron chi connectivity index (χ3n) is 4.04. The molecule has 0 unspecified atom stereocenters. The van der Waals surface area contributed by atoms with Crippen LogP contribution in [0.5, 0.6) is 11.5 Å². The number of carbonyl (C=O) groups is 1. The Hall–Kier alpha value is -2.86. The first-order chi connectivity index (χ1) is 13.1. The highest BCUT2D eigenvalue weighted by Gasteiger charge is 2.13. The molecule has 0 heterocycles. The molecule has 144 valence electrons. The number of hydrogen-bond acceptors (Lipinski definition) is 5. The van der Waals surface area contributed by atoms with Gasteiger partial charge < -0.3 is 19.5 Å². The average Bonchev–Trinajstić information content (AvgIpc) is 2.69. The summed E-state index contributed by atoms with van der Waals surface area (Å²) in [6.07, 6.45) is 0.664. The number of carbonyl (C=O) groups excluding carboxylic acids is 1. The zero-order valence-corrected chi connectivity index (χ0v) is 16.2. The Bertz CT molecular complexity index is 785. The van der Waals surface area contributed by atoms with Crippen molar-refractivity contribution in [3.8, 4) is 11.5 Å². The molecule has 0 aromatic heterocycles. The number of rotatable bonds is 9. The molecule has 0 aliphatic rings. The second-order valence-electron chi connectivity index (χ2n) is 5.99. The number of amides is 1. The van der Waals surface area contributed by atoms with Crippen LogP contribution in [0.2, 0.25) is 0 Å². The number of aliphatic imine (C=N–C) groups is 1. The maximum atomic E-state index is 12.6. The van der Waals surface area contributed by atoms with E-state index in [0.717, 1.165) is 16.7 Å². The van der Waals surface area contributed by atoms with Crippen LogP contribution in [-0.4, -0.2) is 46.2 Å². The third kappa shape index (κ3) is 5.82. The van der Waals surface area contributed by atoms with Crippen LogP contribution in [0, 0.1) is 6.92 Å². The largest absolute Gasteiger partial charge is 0.493 e. The normalized spacial score (nSPS) is 11.2. The van der Waals surface area contributed by atoms with E-state index in [4.69, 9.17) is 14.2 Å². The SMILES string of the molecule is COC/N=C(\C(=O)NCCc1ccc(OC)c(OC)c1)c1ccc(C)cc1. The minimum atomic E-state index is -0.226. The van der Waals surface area contributed by atoms with Crippen LogP contribution < -0.4 is 14.8 Å². The van der Waals surface area contributed by atoms with Crippen LogP contribution in [0.25, 0.3) is 0 Å². The summed E-state index contributed by atoms with van der Waals surface area (Å²) in [5.41, 5.74) is 3.29. The Balaban J connectivity index is 2.02. The lowest BCUT2D eigenvalue weighted by atomic mass is 10.1. The van der Waals surface area contributed by atoms with Gasteiger partial charge in [-0.2, -0.15) is 0 Å². The number of nitrogens with one attached hydrogen (secondary N) is 1. The minimum Gasteiger partial charge on any atom is -0.493 e. The number of hydrogen-bond donors (Lipinski definition) is 1. The predicted molar refractivity (Wildman–Crippen MR) is 106 cm³/mol. The van der Waals surface area contributed by atoms with E-state index in [-0.39, 0.29) is 12.6 Å². The Morgan fingerprint density at radius 2 is 1.70 bits per heavy atom. The van der Waals surface area contributed by atoms with Crippen molar-refractivity contribution in [2.24, 2.45) is 4.99 Å². The number of nitrogens with zero attached hydrogens (tertiary/aromatic N) is 1. The molecule has 0 saturated carbocycles. The monoisotopic (exact) mass is 370 g/mol. The standard InChI is InChI=1S/C21H26N2O4/c1-15-5-8-17(9-6-15)20(23-14-25-2)21(24)22-12-11-16-7-10-18(26-3)19(13-16)27-4/h5-10,13H,11-12,14H2,1-4H3,(H,22,24)/b23-20-. The number of ether oxygens (including phenoxy) is 3. The summed E-state index contributed by atoms with van der Waals surface area (Å²) in [7, 11) is 4.75. The van der Waals surface area contributed by atoms with Crippen LogP contribution in [0.3, 0.4) is 0 Å². The van der Waals surface area contributed by atoms with Crippen LogP contribution in [0.4, 0.5) is 0 Å².